The first-order valence-corrected chi connectivity index (χ1v) is 6.14. The fourth-order valence-corrected chi connectivity index (χ4v) is 2.37. The Bertz CT molecular complexity index is 583. The van der Waals surface area contributed by atoms with Crippen molar-refractivity contribution < 1.29 is 4.79 Å². The Labute approximate surface area is 105 Å². The first-order chi connectivity index (χ1) is 8.68. The van der Waals surface area contributed by atoms with Gasteiger partial charge in [0.15, 0.2) is 0 Å². The van der Waals surface area contributed by atoms with Gasteiger partial charge in [0.25, 0.3) is 5.91 Å². The van der Waals surface area contributed by atoms with Crippen molar-refractivity contribution in [2.45, 2.75) is 18.9 Å². The number of nitrogens with zero attached hydrogens (tertiary/aromatic N) is 2. The lowest BCUT2D eigenvalue weighted by molar-refractivity contribution is 0.0915. The second kappa shape index (κ2) is 4.10. The van der Waals surface area contributed by atoms with Crippen molar-refractivity contribution in [1.82, 2.24) is 20.2 Å². The summed E-state index contributed by atoms with van der Waals surface area (Å²) in [7, 11) is 0. The van der Waals surface area contributed by atoms with Gasteiger partial charge in [0.05, 0.1) is 22.8 Å². The maximum Gasteiger partial charge on any atom is 0.255 e. The summed E-state index contributed by atoms with van der Waals surface area (Å²) in [6.07, 6.45) is 4.42. The quantitative estimate of drug-likeness (QED) is 0.822. The summed E-state index contributed by atoms with van der Waals surface area (Å²) in [5, 5.41) is 10.5. The smallest absolute Gasteiger partial charge is 0.255 e. The van der Waals surface area contributed by atoms with Crippen LogP contribution in [0, 0.1) is 0 Å². The third-order valence-corrected chi connectivity index (χ3v) is 3.46. The van der Waals surface area contributed by atoms with E-state index in [4.69, 9.17) is 0 Å². The Kier molecular flexibility index (Phi) is 2.56. The first kappa shape index (κ1) is 11.2. The molecule has 2 aromatic rings. The molecule has 5 nitrogen and oxygen atoms in total. The molecule has 1 aliphatic rings. The van der Waals surface area contributed by atoms with E-state index in [9.17, 15) is 4.79 Å². The minimum Gasteiger partial charge on any atom is -0.345 e. The highest BCUT2D eigenvalue weighted by atomic mass is 16.1. The molecule has 0 aliphatic carbocycles. The molecule has 0 bridgehead atoms. The molecule has 1 atom stereocenters. The van der Waals surface area contributed by atoms with Crippen molar-refractivity contribution in [1.29, 1.82) is 0 Å². The summed E-state index contributed by atoms with van der Waals surface area (Å²) >= 11 is 0. The van der Waals surface area contributed by atoms with Crippen molar-refractivity contribution in [2.24, 2.45) is 0 Å². The van der Waals surface area contributed by atoms with Crippen LogP contribution in [-0.2, 0) is 0 Å². The summed E-state index contributed by atoms with van der Waals surface area (Å²) < 4.78 is 1.71. The normalized spacial score (nSPS) is 23.4. The molecular formula is C13H16N4O. The minimum absolute atomic E-state index is 0.0533. The van der Waals surface area contributed by atoms with Gasteiger partial charge in [0, 0.05) is 12.7 Å². The van der Waals surface area contributed by atoms with Crippen molar-refractivity contribution in [2.75, 3.05) is 13.1 Å². The van der Waals surface area contributed by atoms with Crippen LogP contribution in [0.25, 0.3) is 5.52 Å². The van der Waals surface area contributed by atoms with Crippen molar-refractivity contribution in [3.05, 3.63) is 36.2 Å². The molecule has 18 heavy (non-hydrogen) atoms. The molecule has 1 amide bonds. The summed E-state index contributed by atoms with van der Waals surface area (Å²) in [5.74, 6) is -0.0533. The number of hydrogen-bond donors (Lipinski definition) is 2. The van der Waals surface area contributed by atoms with Crippen molar-refractivity contribution in [3.63, 3.8) is 0 Å². The second-order valence-electron chi connectivity index (χ2n) is 5.03. The molecular weight excluding hydrogens is 228 g/mol. The molecule has 0 aromatic carbocycles. The van der Waals surface area contributed by atoms with E-state index >= 15 is 0 Å². The zero-order valence-corrected chi connectivity index (χ0v) is 10.3. The van der Waals surface area contributed by atoms with Crippen LogP contribution in [0.1, 0.15) is 23.7 Å². The number of fused-ring (bicyclic) bond motifs is 1. The van der Waals surface area contributed by atoms with Gasteiger partial charge in [-0.05, 0) is 32.0 Å². The van der Waals surface area contributed by atoms with Gasteiger partial charge in [0.1, 0.15) is 0 Å². The number of carbonyl (C=O) groups is 1. The zero-order chi connectivity index (χ0) is 12.6. The van der Waals surface area contributed by atoms with Gasteiger partial charge in [-0.2, -0.15) is 5.10 Å². The average molecular weight is 244 g/mol. The lowest BCUT2D eigenvalue weighted by atomic mass is 10.0. The Balaban J connectivity index is 1.88. The molecule has 0 spiro atoms. The van der Waals surface area contributed by atoms with Gasteiger partial charge in [-0.1, -0.05) is 6.07 Å². The predicted octanol–water partition coefficient (Wildman–Crippen LogP) is 0.816. The van der Waals surface area contributed by atoms with E-state index < -0.39 is 0 Å². The summed E-state index contributed by atoms with van der Waals surface area (Å²) in [4.78, 5) is 12.3. The molecule has 1 fully saturated rings. The Morgan fingerprint density at radius 3 is 3.22 bits per heavy atom. The zero-order valence-electron chi connectivity index (χ0n) is 10.3. The molecule has 3 rings (SSSR count). The van der Waals surface area contributed by atoms with Gasteiger partial charge in [-0.3, -0.25) is 4.79 Å². The molecule has 0 saturated carbocycles. The van der Waals surface area contributed by atoms with Gasteiger partial charge in [0.2, 0.25) is 0 Å². The number of pyridine rings is 1. The van der Waals surface area contributed by atoms with Crippen LogP contribution < -0.4 is 10.6 Å². The van der Waals surface area contributed by atoms with E-state index in [0.717, 1.165) is 25.0 Å². The average Bonchev–Trinajstić information content (AvgIpc) is 2.95. The molecule has 94 valence electrons. The third-order valence-electron chi connectivity index (χ3n) is 3.46. The third kappa shape index (κ3) is 1.86. The lowest BCUT2D eigenvalue weighted by Crippen LogP contribution is -2.47. The van der Waals surface area contributed by atoms with E-state index in [-0.39, 0.29) is 11.4 Å². The fraction of sp³-hybridized carbons (Fsp3) is 0.385. The van der Waals surface area contributed by atoms with E-state index in [1.54, 1.807) is 10.7 Å². The van der Waals surface area contributed by atoms with Crippen LogP contribution in [-0.4, -0.2) is 34.1 Å². The van der Waals surface area contributed by atoms with Crippen LogP contribution in [0.4, 0.5) is 0 Å². The van der Waals surface area contributed by atoms with Crippen LogP contribution in [0.3, 0.4) is 0 Å². The summed E-state index contributed by atoms with van der Waals surface area (Å²) in [5.41, 5.74) is 1.31. The fourth-order valence-electron chi connectivity index (χ4n) is 2.37. The maximum atomic E-state index is 12.3. The number of carbonyl (C=O) groups excluding carboxylic acids is 1. The topological polar surface area (TPSA) is 58.4 Å². The summed E-state index contributed by atoms with van der Waals surface area (Å²) in [6, 6.07) is 5.70. The van der Waals surface area contributed by atoms with Gasteiger partial charge < -0.3 is 10.6 Å². The van der Waals surface area contributed by atoms with E-state index in [2.05, 4.69) is 22.7 Å². The van der Waals surface area contributed by atoms with Gasteiger partial charge in [-0.15, -0.1) is 0 Å². The molecule has 2 N–H and O–H groups in total. The van der Waals surface area contributed by atoms with Crippen LogP contribution in [0.5, 0.6) is 0 Å². The highest BCUT2D eigenvalue weighted by Crippen LogP contribution is 2.16. The van der Waals surface area contributed by atoms with E-state index in [1.807, 2.05) is 24.4 Å². The van der Waals surface area contributed by atoms with E-state index in [0.29, 0.717) is 5.56 Å². The number of nitrogens with one attached hydrogen (secondary N) is 2. The molecule has 1 saturated heterocycles. The van der Waals surface area contributed by atoms with Gasteiger partial charge in [-0.25, -0.2) is 4.52 Å². The Morgan fingerprint density at radius 1 is 1.56 bits per heavy atom. The first-order valence-electron chi connectivity index (χ1n) is 6.14. The molecule has 5 heteroatoms. The van der Waals surface area contributed by atoms with Crippen LogP contribution in [0.2, 0.25) is 0 Å². The number of rotatable bonds is 2. The number of amides is 1. The molecule has 1 unspecified atom stereocenters. The summed E-state index contributed by atoms with van der Waals surface area (Å²) in [6.45, 7) is 3.83. The standard InChI is InChI=1S/C13H16N4O/c1-13(5-6-14-9-13)16-12(18)10-8-15-17-7-3-2-4-11(10)17/h2-4,7-8,14H,5-6,9H2,1H3,(H,16,18). The predicted molar refractivity (Wildman–Crippen MR) is 68.5 cm³/mol. The molecule has 0 radical (unpaired) electrons. The number of aromatic nitrogens is 2. The van der Waals surface area contributed by atoms with Crippen LogP contribution >= 0.6 is 0 Å². The minimum atomic E-state index is -0.153. The van der Waals surface area contributed by atoms with Crippen molar-refractivity contribution >= 4 is 11.4 Å². The van der Waals surface area contributed by atoms with Crippen molar-refractivity contribution in [3.8, 4) is 0 Å². The van der Waals surface area contributed by atoms with E-state index in [1.165, 1.54) is 0 Å². The maximum absolute atomic E-state index is 12.3. The lowest BCUT2D eigenvalue weighted by Gasteiger charge is -2.24. The Morgan fingerprint density at radius 2 is 2.44 bits per heavy atom. The highest BCUT2D eigenvalue weighted by molar-refractivity contribution is 6.00. The SMILES string of the molecule is CC1(NC(=O)c2cnn3ccccc23)CCNC1. The largest absolute Gasteiger partial charge is 0.345 e. The molecule has 1 aliphatic heterocycles. The number of hydrogen-bond acceptors (Lipinski definition) is 3. The monoisotopic (exact) mass is 244 g/mol. The highest BCUT2D eigenvalue weighted by Gasteiger charge is 2.30. The van der Waals surface area contributed by atoms with Crippen LogP contribution in [0.15, 0.2) is 30.6 Å². The molecule has 2 aromatic heterocycles. The Hall–Kier alpha value is -1.88. The second-order valence-corrected chi connectivity index (χ2v) is 5.03. The van der Waals surface area contributed by atoms with Gasteiger partial charge >= 0.3 is 0 Å². The molecule has 3 heterocycles.